The number of allylic oxidation sites excluding steroid dienone is 1. The van der Waals surface area contributed by atoms with Crippen molar-refractivity contribution in [3.8, 4) is 0 Å². The highest BCUT2D eigenvalue weighted by Crippen LogP contribution is 2.32. The van der Waals surface area contributed by atoms with Gasteiger partial charge < -0.3 is 5.32 Å². The van der Waals surface area contributed by atoms with Crippen LogP contribution in [0.25, 0.3) is 0 Å². The number of hydrogen-bond donors (Lipinski definition) is 1. The minimum absolute atomic E-state index is 0.239. The van der Waals surface area contributed by atoms with Gasteiger partial charge in [-0.3, -0.25) is 4.98 Å². The van der Waals surface area contributed by atoms with Crippen LogP contribution < -0.4 is 5.32 Å². The van der Waals surface area contributed by atoms with E-state index in [4.69, 9.17) is 11.6 Å². The van der Waals surface area contributed by atoms with Gasteiger partial charge in [0.2, 0.25) is 0 Å². The minimum atomic E-state index is 0.239. The lowest BCUT2D eigenvalue weighted by Crippen LogP contribution is -2.19. The number of halogens is 1. The van der Waals surface area contributed by atoms with Crippen molar-refractivity contribution in [2.45, 2.75) is 38.1 Å². The van der Waals surface area contributed by atoms with Gasteiger partial charge in [-0.25, -0.2) is 0 Å². The number of rotatable bonds is 3. The van der Waals surface area contributed by atoms with E-state index in [9.17, 15) is 0 Å². The lowest BCUT2D eigenvalue weighted by atomic mass is 9.96. The van der Waals surface area contributed by atoms with Crippen molar-refractivity contribution >= 4 is 11.6 Å². The topological polar surface area (TPSA) is 24.9 Å². The van der Waals surface area contributed by atoms with Crippen LogP contribution >= 0.6 is 11.6 Å². The largest absolute Gasteiger partial charge is 0.310 e. The number of aromatic nitrogens is 1. The lowest BCUT2D eigenvalue weighted by Gasteiger charge is -2.21. The van der Waals surface area contributed by atoms with Crippen LogP contribution in [0.15, 0.2) is 30.1 Å². The molecule has 0 bridgehead atoms. The summed E-state index contributed by atoms with van der Waals surface area (Å²) in [5, 5.41) is 4.12. The van der Waals surface area contributed by atoms with Crippen molar-refractivity contribution in [2.24, 2.45) is 0 Å². The number of hydrogen-bond acceptors (Lipinski definition) is 2. The predicted molar refractivity (Wildman–Crippen MR) is 72.2 cm³/mol. The van der Waals surface area contributed by atoms with Crippen LogP contribution in [0.1, 0.15) is 43.7 Å². The van der Waals surface area contributed by atoms with Gasteiger partial charge in [-0.15, -0.1) is 0 Å². The zero-order valence-electron chi connectivity index (χ0n) is 10.2. The van der Waals surface area contributed by atoms with Crippen LogP contribution in [0.2, 0.25) is 5.02 Å². The van der Waals surface area contributed by atoms with E-state index in [2.05, 4.69) is 16.4 Å². The third-order valence-corrected chi connectivity index (χ3v) is 3.67. The van der Waals surface area contributed by atoms with Crippen molar-refractivity contribution in [1.82, 2.24) is 10.3 Å². The van der Waals surface area contributed by atoms with E-state index in [0.29, 0.717) is 0 Å². The molecule has 1 unspecified atom stereocenters. The number of likely N-dealkylation sites (N-methyl/N-ethyl adjacent to an activating group) is 1. The first kappa shape index (κ1) is 12.6. The molecule has 0 fully saturated rings. The highest BCUT2D eigenvalue weighted by atomic mass is 35.5. The van der Waals surface area contributed by atoms with E-state index in [0.717, 1.165) is 10.6 Å². The van der Waals surface area contributed by atoms with Crippen LogP contribution in [0.4, 0.5) is 0 Å². The monoisotopic (exact) mass is 250 g/mol. The summed E-state index contributed by atoms with van der Waals surface area (Å²) in [6.07, 6.45) is 12.2. The molecule has 0 aromatic carbocycles. The molecule has 0 aliphatic heterocycles. The van der Waals surface area contributed by atoms with Gasteiger partial charge in [0.25, 0.3) is 0 Å². The molecule has 0 spiro atoms. The SMILES string of the molecule is CNC(C1=CCCCCC1)c1ccncc1Cl. The van der Waals surface area contributed by atoms with E-state index in [1.54, 1.807) is 6.20 Å². The molecular formula is C14H19ClN2. The first-order valence-corrected chi connectivity index (χ1v) is 6.66. The van der Waals surface area contributed by atoms with E-state index < -0.39 is 0 Å². The van der Waals surface area contributed by atoms with Crippen molar-refractivity contribution in [3.05, 3.63) is 40.7 Å². The third-order valence-electron chi connectivity index (χ3n) is 3.35. The second-order valence-corrected chi connectivity index (χ2v) is 4.90. The Hall–Kier alpha value is -0.860. The fraction of sp³-hybridized carbons (Fsp3) is 0.500. The van der Waals surface area contributed by atoms with Crippen molar-refractivity contribution in [2.75, 3.05) is 7.05 Å². The molecule has 92 valence electrons. The first-order chi connectivity index (χ1) is 8.33. The Morgan fingerprint density at radius 1 is 1.35 bits per heavy atom. The highest BCUT2D eigenvalue weighted by molar-refractivity contribution is 6.31. The van der Waals surface area contributed by atoms with Gasteiger partial charge in [0.1, 0.15) is 0 Å². The highest BCUT2D eigenvalue weighted by Gasteiger charge is 2.18. The summed E-state index contributed by atoms with van der Waals surface area (Å²) in [6, 6.07) is 2.25. The molecule has 1 N–H and O–H groups in total. The average molecular weight is 251 g/mol. The zero-order valence-corrected chi connectivity index (χ0v) is 11.0. The molecule has 0 saturated carbocycles. The molecule has 17 heavy (non-hydrogen) atoms. The summed E-state index contributed by atoms with van der Waals surface area (Å²) in [5.41, 5.74) is 2.61. The second kappa shape index (κ2) is 6.18. The molecule has 1 heterocycles. The summed E-state index contributed by atoms with van der Waals surface area (Å²) in [7, 11) is 1.99. The zero-order chi connectivity index (χ0) is 12.1. The summed E-state index contributed by atoms with van der Waals surface area (Å²) in [4.78, 5) is 4.05. The van der Waals surface area contributed by atoms with Gasteiger partial charge in [0.05, 0.1) is 11.1 Å². The second-order valence-electron chi connectivity index (χ2n) is 4.50. The van der Waals surface area contributed by atoms with Crippen LogP contribution in [0, 0.1) is 0 Å². The molecular weight excluding hydrogens is 232 g/mol. The maximum absolute atomic E-state index is 6.23. The van der Waals surface area contributed by atoms with E-state index in [-0.39, 0.29) is 6.04 Å². The van der Waals surface area contributed by atoms with E-state index in [1.807, 2.05) is 19.3 Å². The Balaban J connectivity index is 2.26. The molecule has 2 rings (SSSR count). The van der Waals surface area contributed by atoms with Crippen LogP contribution in [0.5, 0.6) is 0 Å². The summed E-state index contributed by atoms with van der Waals surface area (Å²) < 4.78 is 0. The summed E-state index contributed by atoms with van der Waals surface area (Å²) in [5.74, 6) is 0. The maximum atomic E-state index is 6.23. The molecule has 1 aromatic rings. The maximum Gasteiger partial charge on any atom is 0.0640 e. The van der Waals surface area contributed by atoms with Gasteiger partial charge >= 0.3 is 0 Å². The van der Waals surface area contributed by atoms with E-state index in [1.165, 1.54) is 37.7 Å². The standard InChI is InChI=1S/C14H19ClN2/c1-16-14(11-6-4-2-3-5-7-11)12-8-9-17-10-13(12)15/h6,8-10,14,16H,2-5,7H2,1H3. The smallest absolute Gasteiger partial charge is 0.0640 e. The van der Waals surface area contributed by atoms with Gasteiger partial charge in [0.15, 0.2) is 0 Å². The van der Waals surface area contributed by atoms with E-state index >= 15 is 0 Å². The Bertz CT molecular complexity index is 401. The molecule has 3 heteroatoms. The van der Waals surface area contributed by atoms with Crippen LogP contribution in [0.3, 0.4) is 0 Å². The molecule has 1 atom stereocenters. The van der Waals surface area contributed by atoms with Crippen molar-refractivity contribution < 1.29 is 0 Å². The molecule has 1 aromatic heterocycles. The first-order valence-electron chi connectivity index (χ1n) is 6.28. The molecule has 1 aliphatic carbocycles. The minimum Gasteiger partial charge on any atom is -0.310 e. The Morgan fingerprint density at radius 3 is 3.00 bits per heavy atom. The molecule has 1 aliphatic rings. The number of nitrogens with zero attached hydrogens (tertiary/aromatic N) is 1. The van der Waals surface area contributed by atoms with Crippen molar-refractivity contribution in [3.63, 3.8) is 0 Å². The Labute approximate surface area is 108 Å². The predicted octanol–water partition coefficient (Wildman–Crippen LogP) is 3.89. The van der Waals surface area contributed by atoms with Gasteiger partial charge in [-0.2, -0.15) is 0 Å². The van der Waals surface area contributed by atoms with Crippen molar-refractivity contribution in [1.29, 1.82) is 0 Å². The molecule has 0 radical (unpaired) electrons. The molecule has 2 nitrogen and oxygen atoms in total. The number of nitrogens with one attached hydrogen (secondary N) is 1. The average Bonchev–Trinajstić information content (AvgIpc) is 2.62. The van der Waals surface area contributed by atoms with Crippen LogP contribution in [-0.2, 0) is 0 Å². The van der Waals surface area contributed by atoms with Crippen LogP contribution in [-0.4, -0.2) is 12.0 Å². The van der Waals surface area contributed by atoms with Gasteiger partial charge in [-0.05, 0) is 44.4 Å². The lowest BCUT2D eigenvalue weighted by molar-refractivity contribution is 0.628. The molecule has 0 saturated heterocycles. The summed E-state index contributed by atoms with van der Waals surface area (Å²) in [6.45, 7) is 0. The van der Waals surface area contributed by atoms with Gasteiger partial charge in [-0.1, -0.05) is 29.7 Å². The summed E-state index contributed by atoms with van der Waals surface area (Å²) >= 11 is 6.23. The fourth-order valence-corrected chi connectivity index (χ4v) is 2.69. The van der Waals surface area contributed by atoms with Gasteiger partial charge in [0, 0.05) is 12.4 Å². The number of pyridine rings is 1. The normalized spacial score (nSPS) is 18.4. The Morgan fingerprint density at radius 2 is 2.24 bits per heavy atom. The third kappa shape index (κ3) is 3.08. The molecule has 0 amide bonds. The quantitative estimate of drug-likeness (QED) is 0.824. The fourth-order valence-electron chi connectivity index (χ4n) is 2.46. The Kier molecular flexibility index (Phi) is 4.57.